The van der Waals surface area contributed by atoms with E-state index in [2.05, 4.69) is 99.0 Å². The lowest BCUT2D eigenvalue weighted by Gasteiger charge is -2.29. The number of rotatable bonds is 55. The van der Waals surface area contributed by atoms with Crippen molar-refractivity contribution < 1.29 is 19.3 Å². The van der Waals surface area contributed by atoms with Crippen molar-refractivity contribution in [1.29, 1.82) is 0 Å². The summed E-state index contributed by atoms with van der Waals surface area (Å²) in [6.07, 6.45) is 36.2. The lowest BCUT2D eigenvalue weighted by atomic mass is 9.94. The van der Waals surface area contributed by atoms with E-state index >= 15 is 0 Å². The average Bonchev–Trinajstić information content (AvgIpc) is 1.78. The van der Waals surface area contributed by atoms with Gasteiger partial charge in [-0.1, -0.05) is 195 Å². The van der Waals surface area contributed by atoms with Crippen LogP contribution >= 0.6 is 0 Å². The number of anilines is 11. The zero-order valence-electron chi connectivity index (χ0n) is 57.5. The van der Waals surface area contributed by atoms with Crippen LogP contribution in [0.15, 0.2) is 72.8 Å². The fourth-order valence-electron chi connectivity index (χ4n) is 10.4. The third-order valence-electron chi connectivity index (χ3n) is 16.1. The molecule has 0 aliphatic rings. The van der Waals surface area contributed by atoms with Gasteiger partial charge in [-0.05, 0) is 112 Å². The summed E-state index contributed by atoms with van der Waals surface area (Å²) in [6.45, 7) is 18.0. The highest BCUT2D eigenvalue weighted by Crippen LogP contribution is 2.29. The van der Waals surface area contributed by atoms with E-state index in [4.69, 9.17) is 44.1 Å². The van der Waals surface area contributed by atoms with Crippen LogP contribution in [0.2, 0.25) is 0 Å². The average molecular weight is 1280 g/mol. The van der Waals surface area contributed by atoms with Crippen LogP contribution in [0.3, 0.4) is 0 Å². The van der Waals surface area contributed by atoms with E-state index in [1.54, 1.807) is 0 Å². The molecule has 3 aromatic heterocycles. The van der Waals surface area contributed by atoms with Gasteiger partial charge in [0.2, 0.25) is 47.6 Å². The fraction of sp³-hybridized carbons (Fsp3) is 0.625. The van der Waals surface area contributed by atoms with Crippen molar-refractivity contribution in [1.82, 2.24) is 44.9 Å². The van der Waals surface area contributed by atoms with Crippen molar-refractivity contribution in [3.8, 4) is 23.3 Å². The highest BCUT2D eigenvalue weighted by molar-refractivity contribution is 5.59. The molecular formula is C72H115N17O4. The first-order valence-corrected chi connectivity index (χ1v) is 35.8. The first-order chi connectivity index (χ1) is 45.6. The molecule has 0 radical (unpaired) electrons. The van der Waals surface area contributed by atoms with Crippen molar-refractivity contribution in [3.05, 3.63) is 72.8 Å². The van der Waals surface area contributed by atoms with Crippen molar-refractivity contribution in [3.63, 3.8) is 0 Å². The summed E-state index contributed by atoms with van der Waals surface area (Å²) in [6, 6.07) is 22.8. The van der Waals surface area contributed by atoms with E-state index in [9.17, 15) is 5.11 Å². The molecular weight excluding hydrogens is 1170 g/mol. The van der Waals surface area contributed by atoms with Gasteiger partial charge in [0.25, 0.3) is 0 Å². The molecule has 0 fully saturated rings. The topological polar surface area (TPSA) is 260 Å². The zero-order valence-corrected chi connectivity index (χ0v) is 57.5. The molecule has 512 valence electrons. The summed E-state index contributed by atoms with van der Waals surface area (Å²) < 4.78 is 19.7. The predicted molar refractivity (Wildman–Crippen MR) is 384 cm³/mol. The van der Waals surface area contributed by atoms with Crippen molar-refractivity contribution >= 4 is 64.6 Å². The summed E-state index contributed by atoms with van der Waals surface area (Å²) in [4.78, 5) is 41.3. The Labute approximate surface area is 557 Å². The molecule has 0 aliphatic heterocycles. The molecule has 21 nitrogen and oxygen atoms in total. The molecule has 6 aromatic rings. The van der Waals surface area contributed by atoms with E-state index in [1.807, 2.05) is 72.8 Å². The molecule has 9 N–H and O–H groups in total. The summed E-state index contributed by atoms with van der Waals surface area (Å²) in [5, 5.41) is 37.4. The normalized spacial score (nSPS) is 11.3. The van der Waals surface area contributed by atoms with Crippen molar-refractivity contribution in [2.45, 2.75) is 234 Å². The van der Waals surface area contributed by atoms with Crippen molar-refractivity contribution in [2.24, 2.45) is 5.41 Å². The van der Waals surface area contributed by atoms with Crippen LogP contribution in [0.4, 0.5) is 64.6 Å². The van der Waals surface area contributed by atoms with Crippen LogP contribution in [-0.4, -0.2) is 103 Å². The molecule has 3 aromatic carbocycles. The Hall–Kier alpha value is -7.71. The van der Waals surface area contributed by atoms with Gasteiger partial charge in [-0.3, -0.25) is 0 Å². The van der Waals surface area contributed by atoms with Crippen LogP contribution in [-0.2, 0) is 0 Å². The molecule has 93 heavy (non-hydrogen) atoms. The lowest BCUT2D eigenvalue weighted by Crippen LogP contribution is -2.37. The van der Waals surface area contributed by atoms with Gasteiger partial charge >= 0.3 is 6.01 Å². The second-order valence-corrected chi connectivity index (χ2v) is 25.0. The third-order valence-corrected chi connectivity index (χ3v) is 16.1. The van der Waals surface area contributed by atoms with Crippen LogP contribution in [0.1, 0.15) is 234 Å². The first kappa shape index (κ1) is 74.3. The molecule has 21 heteroatoms. The van der Waals surface area contributed by atoms with E-state index in [-0.39, 0.29) is 31.8 Å². The van der Waals surface area contributed by atoms with Gasteiger partial charge in [0.1, 0.15) is 37.1 Å². The van der Waals surface area contributed by atoms with E-state index < -0.39 is 5.41 Å². The van der Waals surface area contributed by atoms with E-state index in [0.717, 1.165) is 76.1 Å². The third kappa shape index (κ3) is 32.1. The summed E-state index contributed by atoms with van der Waals surface area (Å²) in [5.41, 5.74) is 1.70. The summed E-state index contributed by atoms with van der Waals surface area (Å²) in [5.74, 6) is 5.70. The molecule has 6 rings (SSSR count). The van der Waals surface area contributed by atoms with Crippen LogP contribution in [0.5, 0.6) is 23.3 Å². The number of nitrogens with zero attached hydrogens (tertiary/aromatic N) is 9. The summed E-state index contributed by atoms with van der Waals surface area (Å²) in [7, 11) is 0. The maximum absolute atomic E-state index is 10.3. The number of unbranched alkanes of at least 4 members (excludes halogenated alkanes) is 25. The Morgan fingerprint density at radius 3 is 0.742 bits per heavy atom. The SMILES string of the molecule is CCCCCCCCNc1nc(O)nc(Nc2ccc(OCC(C)(COc3ccc(Nc4nc(NCCCCCCCC)nc(NCCCCCCCC)n4)cc3)COc3ccc(Nc4nc(NCCCCCCCC)nc(NCCCCCCCC)n4)cc3)cc2)n1. The first-order valence-electron chi connectivity index (χ1n) is 35.8. The smallest absolute Gasteiger partial charge is 0.320 e. The number of aromatic nitrogens is 9. The van der Waals surface area contributed by atoms with Gasteiger partial charge in [0.15, 0.2) is 0 Å². The van der Waals surface area contributed by atoms with Gasteiger partial charge in [-0.25, -0.2) is 0 Å². The molecule has 0 unspecified atom stereocenters. The number of hydrogen-bond donors (Lipinski definition) is 9. The monoisotopic (exact) mass is 1280 g/mol. The van der Waals surface area contributed by atoms with Gasteiger partial charge in [-0.15, -0.1) is 0 Å². The molecule has 0 bridgehead atoms. The molecule has 0 saturated carbocycles. The van der Waals surface area contributed by atoms with Gasteiger partial charge in [-0.2, -0.15) is 44.9 Å². The largest absolute Gasteiger partial charge is 0.493 e. The predicted octanol–water partition coefficient (Wildman–Crippen LogP) is 18.6. The highest BCUT2D eigenvalue weighted by atomic mass is 16.5. The molecule has 3 heterocycles. The minimum Gasteiger partial charge on any atom is -0.493 e. The highest BCUT2D eigenvalue weighted by Gasteiger charge is 2.29. The van der Waals surface area contributed by atoms with E-state index in [1.165, 1.54) is 154 Å². The molecule has 0 saturated heterocycles. The molecule has 0 amide bonds. The van der Waals surface area contributed by atoms with Crippen LogP contribution < -0.4 is 56.7 Å². The lowest BCUT2D eigenvalue weighted by molar-refractivity contribution is 0.0473. The quantitative estimate of drug-likeness (QED) is 0.0161. The second kappa shape index (κ2) is 45.6. The van der Waals surface area contributed by atoms with E-state index in [0.29, 0.717) is 71.1 Å². The maximum atomic E-state index is 10.3. The Morgan fingerprint density at radius 2 is 0.484 bits per heavy atom. The number of ether oxygens (including phenoxy) is 3. The zero-order chi connectivity index (χ0) is 65.7. The Balaban J connectivity index is 1.12. The number of aromatic hydroxyl groups is 1. The standard InChI is InChI=1S/C72H115N17O4/c1-7-12-17-22-27-32-49-73-63-81-64(74-50-33-28-23-18-13-8-2)84-68(83-63)78-57-37-43-60(44-38-57)91-54-72(6,56-93-62-47-41-59(42-48-62)80-70-87-67(88-71(90)89-70)77-53-36-31-26-21-16-11-5)55-92-61-45-39-58(40-46-61)79-69-85-65(75-51-34-29-24-19-14-9-3)82-66(86-69)76-52-35-30-25-20-15-10-4/h37-48H,7-36,49-56H2,1-6H3,(H3,73,74,78,81,83,84)(H3,75,76,79,82,85,86)(H3,77,80,87,88,89,90). The maximum Gasteiger partial charge on any atom is 0.320 e. The minimum absolute atomic E-state index is 0.231. The number of hydrogen-bond acceptors (Lipinski definition) is 21. The minimum atomic E-state index is -0.641. The number of nitrogens with one attached hydrogen (secondary N) is 8. The molecule has 0 spiro atoms. The molecule has 0 aliphatic carbocycles. The Kier molecular flexibility index (Phi) is 36.4. The van der Waals surface area contributed by atoms with Crippen LogP contribution in [0.25, 0.3) is 0 Å². The van der Waals surface area contributed by atoms with Gasteiger partial charge < -0.3 is 61.9 Å². The number of benzene rings is 3. The molecule has 0 atom stereocenters. The Morgan fingerprint density at radius 1 is 0.280 bits per heavy atom. The fourth-order valence-corrected chi connectivity index (χ4v) is 10.4. The Bertz CT molecular complexity index is 2680. The van der Waals surface area contributed by atoms with Crippen molar-refractivity contribution in [2.75, 3.05) is 95.1 Å². The van der Waals surface area contributed by atoms with Gasteiger partial charge in [0, 0.05) is 49.8 Å². The van der Waals surface area contributed by atoms with Crippen LogP contribution in [0, 0.1) is 5.41 Å². The van der Waals surface area contributed by atoms with Gasteiger partial charge in [0.05, 0.1) is 5.41 Å². The summed E-state index contributed by atoms with van der Waals surface area (Å²) >= 11 is 0. The second-order valence-electron chi connectivity index (χ2n) is 25.0.